The lowest BCUT2D eigenvalue weighted by atomic mass is 9.96. The van der Waals surface area contributed by atoms with Crippen LogP contribution in [-0.4, -0.2) is 45.1 Å². The first-order valence-electron chi connectivity index (χ1n) is 7.48. The molecular formula is C15H21N5O2. The Morgan fingerprint density at radius 3 is 2.86 bits per heavy atom. The molecule has 2 aromatic heterocycles. The van der Waals surface area contributed by atoms with Gasteiger partial charge in [-0.3, -0.25) is 4.79 Å². The predicted molar refractivity (Wildman–Crippen MR) is 82.8 cm³/mol. The third-order valence-corrected chi connectivity index (χ3v) is 3.71. The molecule has 1 aliphatic rings. The maximum Gasteiger partial charge on any atom is 0.302 e. The van der Waals surface area contributed by atoms with Crippen LogP contribution in [0, 0.1) is 0 Å². The lowest BCUT2D eigenvalue weighted by Gasteiger charge is -2.22. The molecule has 1 fully saturated rings. The van der Waals surface area contributed by atoms with Gasteiger partial charge < -0.3 is 14.6 Å². The maximum atomic E-state index is 11.1. The Morgan fingerprint density at radius 1 is 1.41 bits per heavy atom. The smallest absolute Gasteiger partial charge is 0.302 e. The number of imidazole rings is 1. The molecule has 0 radical (unpaired) electrons. The summed E-state index contributed by atoms with van der Waals surface area (Å²) in [5.74, 6) is 1.36. The van der Waals surface area contributed by atoms with Crippen molar-refractivity contribution in [3.63, 3.8) is 0 Å². The van der Waals surface area contributed by atoms with Crippen LogP contribution in [0.4, 0.5) is 5.82 Å². The van der Waals surface area contributed by atoms with Gasteiger partial charge in [0.1, 0.15) is 17.4 Å². The van der Waals surface area contributed by atoms with Crippen molar-refractivity contribution >= 4 is 23.0 Å². The Hall–Kier alpha value is -2.18. The molecule has 0 saturated carbocycles. The summed E-state index contributed by atoms with van der Waals surface area (Å²) in [6.07, 6.45) is 2.36. The zero-order valence-electron chi connectivity index (χ0n) is 13.4. The molecule has 1 atom stereocenters. The zero-order valence-corrected chi connectivity index (χ0v) is 13.4. The van der Waals surface area contributed by atoms with E-state index in [0.29, 0.717) is 12.2 Å². The van der Waals surface area contributed by atoms with E-state index in [1.807, 2.05) is 0 Å². The number of carbonyl (C=O) groups is 1. The van der Waals surface area contributed by atoms with E-state index in [0.717, 1.165) is 30.1 Å². The summed E-state index contributed by atoms with van der Waals surface area (Å²) in [7, 11) is 0. The number of esters is 1. The van der Waals surface area contributed by atoms with Gasteiger partial charge in [0, 0.05) is 25.3 Å². The average Bonchev–Trinajstić information content (AvgIpc) is 3.03. The number of H-pyrrole nitrogens is 1. The second-order valence-electron chi connectivity index (χ2n) is 6.69. The summed E-state index contributed by atoms with van der Waals surface area (Å²) in [6.45, 7) is 9.13. The second kappa shape index (κ2) is 5.23. The Morgan fingerprint density at radius 2 is 2.18 bits per heavy atom. The van der Waals surface area contributed by atoms with Crippen LogP contribution in [0.5, 0.6) is 0 Å². The normalized spacial score (nSPS) is 18.9. The van der Waals surface area contributed by atoms with Gasteiger partial charge >= 0.3 is 5.97 Å². The van der Waals surface area contributed by atoms with Crippen molar-refractivity contribution in [1.29, 1.82) is 0 Å². The molecule has 3 heterocycles. The third kappa shape index (κ3) is 2.75. The van der Waals surface area contributed by atoms with Crippen molar-refractivity contribution in [3.05, 3.63) is 12.2 Å². The minimum absolute atomic E-state index is 0.0801. The molecule has 0 spiro atoms. The van der Waals surface area contributed by atoms with E-state index in [-0.39, 0.29) is 17.5 Å². The lowest BCUT2D eigenvalue weighted by molar-refractivity contribution is -0.145. The van der Waals surface area contributed by atoms with Crippen molar-refractivity contribution in [1.82, 2.24) is 19.9 Å². The van der Waals surface area contributed by atoms with Gasteiger partial charge in [-0.25, -0.2) is 15.0 Å². The first-order valence-corrected chi connectivity index (χ1v) is 7.48. The number of ether oxygens (including phenoxy) is 1. The molecule has 1 saturated heterocycles. The largest absolute Gasteiger partial charge is 0.461 e. The number of rotatable bonds is 2. The number of fused-ring (bicyclic) bond motifs is 1. The Bertz CT molecular complexity index is 704. The molecule has 2 aromatic rings. The monoisotopic (exact) mass is 303 g/mol. The van der Waals surface area contributed by atoms with Crippen LogP contribution in [0.3, 0.4) is 0 Å². The van der Waals surface area contributed by atoms with E-state index in [2.05, 4.69) is 40.6 Å². The number of nitrogens with one attached hydrogen (secondary N) is 1. The number of carbonyl (C=O) groups excluding carboxylic acids is 1. The van der Waals surface area contributed by atoms with Gasteiger partial charge in [-0.2, -0.15) is 0 Å². The van der Waals surface area contributed by atoms with E-state index in [4.69, 9.17) is 9.72 Å². The molecule has 1 aliphatic heterocycles. The summed E-state index contributed by atoms with van der Waals surface area (Å²) in [5.41, 5.74) is 1.35. The quantitative estimate of drug-likeness (QED) is 0.852. The van der Waals surface area contributed by atoms with E-state index in [1.165, 1.54) is 6.92 Å². The number of anilines is 1. The molecule has 3 rings (SSSR count). The average molecular weight is 303 g/mol. The fourth-order valence-corrected chi connectivity index (χ4v) is 2.63. The van der Waals surface area contributed by atoms with E-state index in [1.54, 1.807) is 6.33 Å². The van der Waals surface area contributed by atoms with E-state index in [9.17, 15) is 4.79 Å². The Kier molecular flexibility index (Phi) is 3.50. The van der Waals surface area contributed by atoms with Crippen LogP contribution in [0.15, 0.2) is 6.33 Å². The van der Waals surface area contributed by atoms with Crippen molar-refractivity contribution < 1.29 is 9.53 Å². The molecule has 118 valence electrons. The molecule has 0 unspecified atom stereocenters. The summed E-state index contributed by atoms with van der Waals surface area (Å²) < 4.78 is 5.30. The van der Waals surface area contributed by atoms with Gasteiger partial charge in [-0.1, -0.05) is 20.8 Å². The first-order chi connectivity index (χ1) is 10.3. The van der Waals surface area contributed by atoms with Crippen LogP contribution in [0.1, 0.15) is 39.9 Å². The van der Waals surface area contributed by atoms with Crippen LogP contribution in [-0.2, 0) is 14.9 Å². The Balaban J connectivity index is 1.96. The van der Waals surface area contributed by atoms with Crippen LogP contribution in [0.25, 0.3) is 11.2 Å². The fraction of sp³-hybridized carbons (Fsp3) is 0.600. The van der Waals surface area contributed by atoms with Crippen molar-refractivity contribution in [3.8, 4) is 0 Å². The molecule has 7 nitrogen and oxygen atoms in total. The highest BCUT2D eigenvalue weighted by atomic mass is 16.5. The highest BCUT2D eigenvalue weighted by molar-refractivity contribution is 5.83. The molecule has 0 amide bonds. The lowest BCUT2D eigenvalue weighted by Crippen LogP contribution is -2.26. The number of aromatic amines is 1. The maximum absolute atomic E-state index is 11.1. The summed E-state index contributed by atoms with van der Waals surface area (Å²) >= 11 is 0. The zero-order chi connectivity index (χ0) is 15.9. The second-order valence-corrected chi connectivity index (χ2v) is 6.69. The molecule has 1 N–H and O–H groups in total. The van der Waals surface area contributed by atoms with Gasteiger partial charge in [-0.05, 0) is 0 Å². The van der Waals surface area contributed by atoms with Crippen LogP contribution >= 0.6 is 0 Å². The topological polar surface area (TPSA) is 84.0 Å². The van der Waals surface area contributed by atoms with Crippen LogP contribution in [0.2, 0.25) is 0 Å². The number of aromatic nitrogens is 4. The highest BCUT2D eigenvalue weighted by Crippen LogP contribution is 2.29. The van der Waals surface area contributed by atoms with E-state index < -0.39 is 0 Å². The van der Waals surface area contributed by atoms with E-state index >= 15 is 0 Å². The summed E-state index contributed by atoms with van der Waals surface area (Å²) in [4.78, 5) is 29.9. The number of hydrogen-bond donors (Lipinski definition) is 1. The summed E-state index contributed by atoms with van der Waals surface area (Å²) in [5, 5.41) is 0. The first kappa shape index (κ1) is 14.7. The van der Waals surface area contributed by atoms with Gasteiger partial charge in [0.05, 0.1) is 12.9 Å². The van der Waals surface area contributed by atoms with Gasteiger partial charge in [0.15, 0.2) is 11.5 Å². The minimum atomic E-state index is -0.239. The van der Waals surface area contributed by atoms with Crippen molar-refractivity contribution in [2.75, 3.05) is 18.0 Å². The number of hydrogen-bond acceptors (Lipinski definition) is 6. The molecule has 0 aliphatic carbocycles. The van der Waals surface area contributed by atoms with Gasteiger partial charge in [-0.15, -0.1) is 0 Å². The Labute approximate surface area is 129 Å². The molecular weight excluding hydrogens is 282 g/mol. The molecule has 7 heteroatoms. The molecule has 0 aromatic carbocycles. The van der Waals surface area contributed by atoms with Crippen molar-refractivity contribution in [2.24, 2.45) is 0 Å². The standard InChI is InChI=1S/C15H21N5O2/c1-9(21)22-10-5-6-20(7-10)13-11-12(17-8-16-11)18-14(19-13)15(2,3)4/h8,10H,5-7H2,1-4H3,(H,16,17,18,19)/t10-/m0/s1. The SMILES string of the molecule is CC(=O)O[C@H]1CCN(c2nc(C(C)(C)C)nc3nc[nH]c23)C1. The molecule has 0 bridgehead atoms. The molecule has 22 heavy (non-hydrogen) atoms. The van der Waals surface area contributed by atoms with Gasteiger partial charge in [0.25, 0.3) is 0 Å². The number of nitrogens with zero attached hydrogens (tertiary/aromatic N) is 4. The third-order valence-electron chi connectivity index (χ3n) is 3.71. The minimum Gasteiger partial charge on any atom is -0.461 e. The summed E-state index contributed by atoms with van der Waals surface area (Å²) in [6, 6.07) is 0. The predicted octanol–water partition coefficient (Wildman–Crippen LogP) is 1.79. The van der Waals surface area contributed by atoms with Crippen LogP contribution < -0.4 is 4.90 Å². The highest BCUT2D eigenvalue weighted by Gasteiger charge is 2.29. The van der Waals surface area contributed by atoms with Gasteiger partial charge in [0.2, 0.25) is 0 Å². The van der Waals surface area contributed by atoms with Crippen molar-refractivity contribution in [2.45, 2.75) is 45.6 Å². The fourth-order valence-electron chi connectivity index (χ4n) is 2.63.